The van der Waals surface area contributed by atoms with Gasteiger partial charge in [0.2, 0.25) is 0 Å². The second-order valence-electron chi connectivity index (χ2n) is 11.0. The molecule has 4 aliphatic rings. The van der Waals surface area contributed by atoms with E-state index in [9.17, 15) is 0 Å². The average molecular weight is 413 g/mol. The van der Waals surface area contributed by atoms with E-state index in [4.69, 9.17) is 0 Å². The molecule has 6 rings (SSSR count). The van der Waals surface area contributed by atoms with E-state index in [0.717, 1.165) is 11.8 Å². The molecule has 0 aromatic heterocycles. The quantitative estimate of drug-likeness (QED) is 0.452. The Hall–Kier alpha value is -1.60. The largest absolute Gasteiger partial charge is 0.113 e. The molecular formula is C29H36Si. The Morgan fingerprint density at radius 3 is 1.97 bits per heavy atom. The third kappa shape index (κ3) is 2.84. The molecule has 0 N–H and O–H groups in total. The van der Waals surface area contributed by atoms with Crippen LogP contribution in [-0.2, 0) is 6.42 Å². The minimum atomic E-state index is -1.58. The van der Waals surface area contributed by atoms with Crippen LogP contribution >= 0.6 is 0 Å². The fraction of sp³-hybridized carbons (Fsp3) is 0.517. The number of benzene rings is 2. The maximum Gasteiger partial charge on any atom is 0.113 e. The number of allylic oxidation sites excluding steroid dienone is 1. The van der Waals surface area contributed by atoms with Crippen LogP contribution in [0.3, 0.4) is 0 Å². The minimum absolute atomic E-state index is 0.804. The van der Waals surface area contributed by atoms with E-state index in [-0.39, 0.29) is 0 Å². The van der Waals surface area contributed by atoms with E-state index in [1.165, 1.54) is 76.2 Å². The van der Waals surface area contributed by atoms with Crippen LogP contribution < -0.4 is 5.19 Å². The van der Waals surface area contributed by atoms with Gasteiger partial charge < -0.3 is 0 Å². The molecule has 1 heterocycles. The first-order valence-electron chi connectivity index (χ1n) is 12.6. The van der Waals surface area contributed by atoms with Crippen molar-refractivity contribution in [2.24, 2.45) is 5.92 Å². The van der Waals surface area contributed by atoms with Gasteiger partial charge in [0.15, 0.2) is 0 Å². The zero-order valence-electron chi connectivity index (χ0n) is 18.9. The van der Waals surface area contributed by atoms with Crippen molar-refractivity contribution in [1.29, 1.82) is 0 Å². The Labute approximate surface area is 183 Å². The first-order valence-corrected chi connectivity index (χ1v) is 15.6. The van der Waals surface area contributed by atoms with Crippen molar-refractivity contribution in [3.63, 3.8) is 0 Å². The molecule has 0 saturated heterocycles. The Kier molecular flexibility index (Phi) is 4.60. The summed E-state index contributed by atoms with van der Waals surface area (Å²) in [5.41, 5.74) is 9.89. The predicted octanol–water partition coefficient (Wildman–Crippen LogP) is 7.76. The molecule has 1 aliphatic heterocycles. The van der Waals surface area contributed by atoms with Crippen molar-refractivity contribution in [1.82, 2.24) is 0 Å². The van der Waals surface area contributed by atoms with Crippen LogP contribution in [0.25, 0.3) is 16.3 Å². The lowest BCUT2D eigenvalue weighted by atomic mass is 9.83. The van der Waals surface area contributed by atoms with Crippen molar-refractivity contribution < 1.29 is 0 Å². The maximum absolute atomic E-state index is 2.63. The van der Waals surface area contributed by atoms with Crippen LogP contribution in [0.5, 0.6) is 0 Å². The Morgan fingerprint density at radius 1 is 0.667 bits per heavy atom. The summed E-state index contributed by atoms with van der Waals surface area (Å²) in [6.45, 7) is 5.25. The highest BCUT2D eigenvalue weighted by Crippen LogP contribution is 2.52. The van der Waals surface area contributed by atoms with Gasteiger partial charge in [0.05, 0.1) is 0 Å². The fourth-order valence-electron chi connectivity index (χ4n) is 7.36. The summed E-state index contributed by atoms with van der Waals surface area (Å²) in [4.78, 5) is 0. The van der Waals surface area contributed by atoms with Crippen LogP contribution in [-0.4, -0.2) is 8.07 Å². The Bertz CT molecular complexity index is 995. The second kappa shape index (κ2) is 7.23. The molecule has 2 aromatic rings. The summed E-state index contributed by atoms with van der Waals surface area (Å²) in [6, 6.07) is 14.9. The van der Waals surface area contributed by atoms with E-state index >= 15 is 0 Å². The SMILES string of the molecule is C[Si]1(C)C2=C(C3CCCCC3)Cc3ccc1c(-c1ccc(C4CCCCC4)cc1)c32. The molecule has 0 unspecified atom stereocenters. The molecule has 30 heavy (non-hydrogen) atoms. The molecule has 0 spiro atoms. The molecule has 2 saturated carbocycles. The van der Waals surface area contributed by atoms with Gasteiger partial charge >= 0.3 is 0 Å². The van der Waals surface area contributed by atoms with Crippen LogP contribution in [0, 0.1) is 5.92 Å². The molecule has 156 valence electrons. The van der Waals surface area contributed by atoms with Crippen molar-refractivity contribution >= 4 is 18.5 Å². The third-order valence-corrected chi connectivity index (χ3v) is 12.5. The number of hydrogen-bond donors (Lipinski definition) is 0. The summed E-state index contributed by atoms with van der Waals surface area (Å²) in [7, 11) is -1.58. The van der Waals surface area contributed by atoms with Crippen molar-refractivity contribution in [2.45, 2.75) is 89.6 Å². The van der Waals surface area contributed by atoms with Gasteiger partial charge in [0, 0.05) is 0 Å². The predicted molar refractivity (Wildman–Crippen MR) is 132 cm³/mol. The lowest BCUT2D eigenvalue weighted by molar-refractivity contribution is 0.400. The topological polar surface area (TPSA) is 0 Å². The van der Waals surface area contributed by atoms with Crippen LogP contribution in [0.2, 0.25) is 13.1 Å². The average Bonchev–Trinajstić information content (AvgIpc) is 3.26. The maximum atomic E-state index is 2.63. The molecule has 0 atom stereocenters. The van der Waals surface area contributed by atoms with E-state index in [2.05, 4.69) is 49.5 Å². The van der Waals surface area contributed by atoms with Gasteiger partial charge in [0.1, 0.15) is 8.07 Å². The Balaban J connectivity index is 1.42. The normalized spacial score (nSPS) is 23.4. The van der Waals surface area contributed by atoms with Gasteiger partial charge in [0.25, 0.3) is 0 Å². The van der Waals surface area contributed by atoms with Crippen LogP contribution in [0.1, 0.15) is 86.8 Å². The number of hydrogen-bond acceptors (Lipinski definition) is 0. The van der Waals surface area contributed by atoms with Gasteiger partial charge in [-0.1, -0.05) is 93.6 Å². The molecule has 0 radical (unpaired) electrons. The van der Waals surface area contributed by atoms with Crippen molar-refractivity contribution in [2.75, 3.05) is 0 Å². The van der Waals surface area contributed by atoms with E-state index < -0.39 is 8.07 Å². The van der Waals surface area contributed by atoms with Gasteiger partial charge in [-0.2, -0.15) is 0 Å². The zero-order valence-corrected chi connectivity index (χ0v) is 19.9. The monoisotopic (exact) mass is 412 g/mol. The minimum Gasteiger partial charge on any atom is -0.0624 e. The second-order valence-corrected chi connectivity index (χ2v) is 15.3. The summed E-state index contributed by atoms with van der Waals surface area (Å²) in [5.74, 6) is 1.67. The van der Waals surface area contributed by atoms with E-state index in [1.807, 2.05) is 10.8 Å². The number of fused-ring (bicyclic) bond motifs is 1. The van der Waals surface area contributed by atoms with Gasteiger partial charge in [-0.3, -0.25) is 0 Å². The summed E-state index contributed by atoms with van der Waals surface area (Å²) >= 11 is 0. The van der Waals surface area contributed by atoms with Gasteiger partial charge in [-0.15, -0.1) is 0 Å². The summed E-state index contributed by atoms with van der Waals surface area (Å²) in [6.07, 6.45) is 15.5. The van der Waals surface area contributed by atoms with Crippen molar-refractivity contribution in [3.8, 4) is 11.1 Å². The molecular weight excluding hydrogens is 376 g/mol. The zero-order chi connectivity index (χ0) is 20.3. The first-order chi connectivity index (χ1) is 14.6. The van der Waals surface area contributed by atoms with Crippen LogP contribution in [0.15, 0.2) is 42.0 Å². The lowest BCUT2D eigenvalue weighted by Gasteiger charge is -2.28. The fourth-order valence-corrected chi connectivity index (χ4v) is 11.0. The van der Waals surface area contributed by atoms with Gasteiger partial charge in [-0.25, -0.2) is 0 Å². The third-order valence-electron chi connectivity index (χ3n) is 8.92. The number of rotatable bonds is 3. The first kappa shape index (κ1) is 19.1. The summed E-state index contributed by atoms with van der Waals surface area (Å²) in [5, 5.41) is 3.56. The molecule has 0 amide bonds. The smallest absolute Gasteiger partial charge is 0.0624 e. The highest BCUT2D eigenvalue weighted by molar-refractivity contribution is 7.07. The molecule has 3 aliphatic carbocycles. The van der Waals surface area contributed by atoms with Crippen LogP contribution in [0.4, 0.5) is 0 Å². The molecule has 2 fully saturated rings. The highest BCUT2D eigenvalue weighted by Gasteiger charge is 2.46. The standard InChI is InChI=1S/C29H36Si/c1-30(2)26-18-17-24-19-25(22-11-7-4-8-12-22)29(30)28(24)27(26)23-15-13-21(14-16-23)20-9-5-3-6-10-20/h13-18,20,22H,3-12,19H2,1-2H3. The van der Waals surface area contributed by atoms with E-state index in [1.54, 1.807) is 27.4 Å². The molecule has 1 heteroatoms. The lowest BCUT2D eigenvalue weighted by Crippen LogP contribution is -2.40. The molecule has 0 nitrogen and oxygen atoms in total. The van der Waals surface area contributed by atoms with Gasteiger partial charge in [-0.05, 0) is 82.1 Å². The van der Waals surface area contributed by atoms with Crippen molar-refractivity contribution in [3.05, 3.63) is 58.7 Å². The highest BCUT2D eigenvalue weighted by atomic mass is 28.3. The Morgan fingerprint density at radius 2 is 1.30 bits per heavy atom. The summed E-state index contributed by atoms with van der Waals surface area (Å²) < 4.78 is 0. The molecule has 2 aromatic carbocycles. The molecule has 2 bridgehead atoms. The van der Waals surface area contributed by atoms with E-state index in [0.29, 0.717) is 0 Å².